The van der Waals surface area contributed by atoms with Gasteiger partial charge in [-0.25, -0.2) is 0 Å². The fraction of sp³-hybridized carbons (Fsp3) is 1.00. The van der Waals surface area contributed by atoms with E-state index in [2.05, 4.69) is 27.7 Å². The number of ether oxygens (including phenoxy) is 1. The number of aliphatic hydroxyl groups is 1. The van der Waals surface area contributed by atoms with Crippen molar-refractivity contribution in [3.8, 4) is 0 Å². The maximum absolute atomic E-state index is 10.7. The second-order valence-electron chi connectivity index (χ2n) is 7.23. The summed E-state index contributed by atoms with van der Waals surface area (Å²) in [7, 11) is 0. The lowest BCUT2D eigenvalue weighted by atomic mass is 9.56. The van der Waals surface area contributed by atoms with Crippen molar-refractivity contribution >= 4 is 0 Å². The van der Waals surface area contributed by atoms with E-state index in [9.17, 15) is 5.11 Å². The van der Waals surface area contributed by atoms with Crippen LogP contribution in [0.4, 0.5) is 0 Å². The largest absolute Gasteiger partial charge is 0.390 e. The highest BCUT2D eigenvalue weighted by Crippen LogP contribution is 2.63. The maximum Gasteiger partial charge on any atom is 0.0925 e. The quantitative estimate of drug-likeness (QED) is 0.761. The molecule has 6 atom stereocenters. The molecular formula is C15H26O2. The van der Waals surface area contributed by atoms with Gasteiger partial charge in [-0.3, -0.25) is 0 Å². The van der Waals surface area contributed by atoms with Gasteiger partial charge in [-0.15, -0.1) is 0 Å². The Morgan fingerprint density at radius 3 is 2.59 bits per heavy atom. The van der Waals surface area contributed by atoms with Crippen LogP contribution in [0.3, 0.4) is 0 Å². The average molecular weight is 238 g/mol. The van der Waals surface area contributed by atoms with Crippen LogP contribution in [-0.4, -0.2) is 22.4 Å². The first-order chi connectivity index (χ1) is 7.91. The van der Waals surface area contributed by atoms with Crippen LogP contribution in [0.1, 0.15) is 53.4 Å². The van der Waals surface area contributed by atoms with Crippen molar-refractivity contribution in [2.45, 2.75) is 70.7 Å². The molecule has 1 aliphatic carbocycles. The van der Waals surface area contributed by atoms with E-state index < -0.39 is 0 Å². The van der Waals surface area contributed by atoms with Gasteiger partial charge in [0, 0.05) is 5.92 Å². The Balaban J connectivity index is 2.01. The molecule has 1 spiro atoms. The highest BCUT2D eigenvalue weighted by Gasteiger charge is 2.69. The minimum absolute atomic E-state index is 0.00134. The van der Waals surface area contributed by atoms with Gasteiger partial charge in [-0.2, -0.15) is 0 Å². The summed E-state index contributed by atoms with van der Waals surface area (Å²) in [4.78, 5) is 0. The molecule has 0 aromatic heterocycles. The Morgan fingerprint density at radius 1 is 1.24 bits per heavy atom. The first kappa shape index (κ1) is 12.0. The number of aliphatic hydroxyl groups excluding tert-OH is 1. The van der Waals surface area contributed by atoms with Crippen LogP contribution in [0.25, 0.3) is 0 Å². The van der Waals surface area contributed by atoms with E-state index >= 15 is 0 Å². The molecule has 0 aromatic carbocycles. The smallest absolute Gasteiger partial charge is 0.0925 e. The monoisotopic (exact) mass is 238 g/mol. The highest BCUT2D eigenvalue weighted by atomic mass is 16.6. The molecule has 2 heterocycles. The van der Waals surface area contributed by atoms with E-state index in [4.69, 9.17) is 4.74 Å². The molecule has 0 amide bonds. The molecule has 3 aliphatic rings. The fourth-order valence-corrected chi connectivity index (χ4v) is 4.96. The van der Waals surface area contributed by atoms with Crippen LogP contribution in [0.2, 0.25) is 0 Å². The van der Waals surface area contributed by atoms with E-state index in [1.54, 1.807) is 0 Å². The third-order valence-electron chi connectivity index (χ3n) is 6.05. The van der Waals surface area contributed by atoms with Crippen LogP contribution in [0, 0.1) is 23.7 Å². The van der Waals surface area contributed by atoms with Crippen LogP contribution < -0.4 is 0 Å². The van der Waals surface area contributed by atoms with Crippen molar-refractivity contribution in [3.63, 3.8) is 0 Å². The lowest BCUT2D eigenvalue weighted by Crippen LogP contribution is -2.54. The molecule has 98 valence electrons. The van der Waals surface area contributed by atoms with Crippen LogP contribution in [-0.2, 0) is 4.74 Å². The summed E-state index contributed by atoms with van der Waals surface area (Å²) in [6, 6.07) is 0. The lowest BCUT2D eigenvalue weighted by Gasteiger charge is -2.49. The van der Waals surface area contributed by atoms with Gasteiger partial charge in [-0.1, -0.05) is 20.8 Å². The molecule has 0 radical (unpaired) electrons. The molecule has 2 nitrogen and oxygen atoms in total. The first-order valence-electron chi connectivity index (χ1n) is 7.29. The van der Waals surface area contributed by atoms with Crippen molar-refractivity contribution in [3.05, 3.63) is 0 Å². The minimum Gasteiger partial charge on any atom is -0.390 e. The Bertz CT molecular complexity index is 327. The Morgan fingerprint density at radius 2 is 1.94 bits per heavy atom. The van der Waals surface area contributed by atoms with E-state index in [-0.39, 0.29) is 17.3 Å². The Kier molecular flexibility index (Phi) is 2.45. The zero-order valence-electron chi connectivity index (χ0n) is 11.6. The van der Waals surface area contributed by atoms with Crippen molar-refractivity contribution in [1.29, 1.82) is 0 Å². The number of hydrogen-bond acceptors (Lipinski definition) is 2. The van der Waals surface area contributed by atoms with Gasteiger partial charge in [0.1, 0.15) is 0 Å². The van der Waals surface area contributed by atoms with Gasteiger partial charge >= 0.3 is 0 Å². The van der Waals surface area contributed by atoms with E-state index in [1.807, 2.05) is 0 Å². The van der Waals surface area contributed by atoms with Crippen LogP contribution in [0.15, 0.2) is 0 Å². The van der Waals surface area contributed by atoms with E-state index in [0.717, 1.165) is 12.8 Å². The van der Waals surface area contributed by atoms with Crippen LogP contribution >= 0.6 is 0 Å². The molecule has 0 aromatic rings. The molecule has 17 heavy (non-hydrogen) atoms. The summed E-state index contributed by atoms with van der Waals surface area (Å²) in [6.45, 7) is 9.05. The molecule has 2 aliphatic heterocycles. The molecule has 3 fully saturated rings. The second kappa shape index (κ2) is 3.48. The zero-order chi connectivity index (χ0) is 12.4. The third kappa shape index (κ3) is 1.34. The summed E-state index contributed by atoms with van der Waals surface area (Å²) in [5.41, 5.74) is -0.252. The summed E-state index contributed by atoms with van der Waals surface area (Å²) in [6.07, 6.45) is 4.49. The second-order valence-corrected chi connectivity index (χ2v) is 7.23. The van der Waals surface area contributed by atoms with Crippen molar-refractivity contribution < 1.29 is 9.84 Å². The summed E-state index contributed by atoms with van der Waals surface area (Å²) >= 11 is 0. The van der Waals surface area contributed by atoms with Crippen molar-refractivity contribution in [2.24, 2.45) is 23.7 Å². The summed E-state index contributed by atoms with van der Waals surface area (Å²) in [5, 5.41) is 10.7. The van der Waals surface area contributed by atoms with Gasteiger partial charge < -0.3 is 9.84 Å². The van der Waals surface area contributed by atoms with Gasteiger partial charge in [0.2, 0.25) is 0 Å². The van der Waals surface area contributed by atoms with Crippen molar-refractivity contribution in [2.75, 3.05) is 0 Å². The minimum atomic E-state index is -0.254. The maximum atomic E-state index is 10.7. The molecule has 1 N–H and O–H groups in total. The first-order valence-corrected chi connectivity index (χ1v) is 7.29. The summed E-state index contributed by atoms with van der Waals surface area (Å²) < 4.78 is 6.41. The fourth-order valence-electron chi connectivity index (χ4n) is 4.96. The lowest BCUT2D eigenvalue weighted by molar-refractivity contribution is -0.112. The molecule has 0 unspecified atom stereocenters. The molecule has 2 bridgehead atoms. The molecule has 2 heteroatoms. The SMILES string of the molecule is CC(C)[C@@H]1CC[C@@H](C)[C@]23CC[C@](C)(O2)[C@@H](O)[C@@H]13. The topological polar surface area (TPSA) is 29.5 Å². The number of rotatable bonds is 1. The molecule has 3 rings (SSSR count). The van der Waals surface area contributed by atoms with Crippen molar-refractivity contribution in [1.82, 2.24) is 0 Å². The van der Waals surface area contributed by atoms with Gasteiger partial charge in [0.15, 0.2) is 0 Å². The molecular weight excluding hydrogens is 212 g/mol. The van der Waals surface area contributed by atoms with Gasteiger partial charge in [-0.05, 0) is 50.4 Å². The van der Waals surface area contributed by atoms with Gasteiger partial charge in [0.25, 0.3) is 0 Å². The zero-order valence-corrected chi connectivity index (χ0v) is 11.6. The normalized spacial score (nSPS) is 57.5. The third-order valence-corrected chi connectivity index (χ3v) is 6.05. The van der Waals surface area contributed by atoms with Crippen LogP contribution in [0.5, 0.6) is 0 Å². The predicted octanol–water partition coefficient (Wildman–Crippen LogP) is 2.99. The predicted molar refractivity (Wildman–Crippen MR) is 67.7 cm³/mol. The number of fused-ring (bicyclic) bond motifs is 1. The Labute approximate surface area is 105 Å². The Hall–Kier alpha value is -0.0800. The highest BCUT2D eigenvalue weighted by molar-refractivity contribution is 5.17. The average Bonchev–Trinajstić information content (AvgIpc) is 2.71. The van der Waals surface area contributed by atoms with Gasteiger partial charge in [0.05, 0.1) is 17.3 Å². The number of hydrogen-bond donors (Lipinski definition) is 1. The summed E-state index contributed by atoms with van der Waals surface area (Å²) in [5.74, 6) is 2.29. The van der Waals surface area contributed by atoms with E-state index in [0.29, 0.717) is 23.7 Å². The molecule has 2 saturated heterocycles. The molecule has 1 saturated carbocycles. The standard InChI is InChI=1S/C15H26O2/c1-9(2)11-6-5-10(3)15-8-7-14(4,17-15)13(16)12(11)15/h9-13,16H,5-8H2,1-4H3/t10-,11+,12-,13+,14+,15+/m1/s1. The van der Waals surface area contributed by atoms with E-state index in [1.165, 1.54) is 12.8 Å².